The fourth-order valence-electron chi connectivity index (χ4n) is 3.02. The molecule has 146 valence electrons. The van der Waals surface area contributed by atoms with Crippen molar-refractivity contribution in [3.05, 3.63) is 114 Å². The van der Waals surface area contributed by atoms with Crippen LogP contribution in [0.3, 0.4) is 0 Å². The van der Waals surface area contributed by atoms with E-state index >= 15 is 0 Å². The zero-order valence-electron chi connectivity index (χ0n) is 17.7. The van der Waals surface area contributed by atoms with Gasteiger partial charge in [-0.15, -0.1) is 0 Å². The Morgan fingerprint density at radius 3 is 2.07 bits per heavy atom. The van der Waals surface area contributed by atoms with E-state index in [1.165, 1.54) is 33.7 Å². The van der Waals surface area contributed by atoms with Crippen molar-refractivity contribution in [2.45, 2.75) is 0 Å². The zero-order chi connectivity index (χ0) is 20.6. The highest BCUT2D eigenvalue weighted by molar-refractivity contribution is 6.02. The molecule has 0 radical (unpaired) electrons. The molecule has 3 rings (SSSR count). The predicted octanol–water partition coefficient (Wildman–Crippen LogP) is 5.61. The van der Waals surface area contributed by atoms with Gasteiger partial charge < -0.3 is 4.90 Å². The van der Waals surface area contributed by atoms with Crippen LogP contribution < -0.4 is 4.90 Å². The van der Waals surface area contributed by atoms with Gasteiger partial charge in [0.05, 0.1) is 0 Å². The Kier molecular flexibility index (Phi) is 6.80. The molecule has 2 aromatic carbocycles. The van der Waals surface area contributed by atoms with Gasteiger partial charge in [0.1, 0.15) is 14.1 Å². The van der Waals surface area contributed by atoms with E-state index in [0.29, 0.717) is 0 Å². The Labute approximate surface area is 174 Å². The smallest absolute Gasteiger partial charge is 0.199 e. The maximum Gasteiger partial charge on any atom is 0.199 e. The van der Waals surface area contributed by atoms with E-state index < -0.39 is 0 Å². The van der Waals surface area contributed by atoms with Crippen molar-refractivity contribution in [3.8, 4) is 0 Å². The lowest BCUT2D eigenvalue weighted by Gasteiger charge is -2.11. The van der Waals surface area contributed by atoms with Gasteiger partial charge in [0, 0.05) is 31.9 Å². The van der Waals surface area contributed by atoms with Crippen molar-refractivity contribution in [3.63, 3.8) is 0 Å². The molecule has 0 heterocycles. The van der Waals surface area contributed by atoms with E-state index in [-0.39, 0.29) is 0 Å². The van der Waals surface area contributed by atoms with Crippen LogP contribution in [0.5, 0.6) is 0 Å². The number of anilines is 1. The second kappa shape index (κ2) is 9.70. The molecule has 0 amide bonds. The van der Waals surface area contributed by atoms with Gasteiger partial charge in [-0.1, -0.05) is 66.8 Å². The van der Waals surface area contributed by atoms with Gasteiger partial charge in [-0.25, -0.2) is 4.58 Å². The van der Waals surface area contributed by atoms with Crippen LogP contribution in [0.15, 0.2) is 103 Å². The largest absolute Gasteiger partial charge is 0.378 e. The van der Waals surface area contributed by atoms with Crippen LogP contribution in [0, 0.1) is 0 Å². The highest BCUT2D eigenvalue weighted by Crippen LogP contribution is 2.20. The summed E-state index contributed by atoms with van der Waals surface area (Å²) < 4.78 is 2.11. The highest BCUT2D eigenvalue weighted by Gasteiger charge is 2.03. The number of benzene rings is 2. The number of hydrogen-bond acceptors (Lipinski definition) is 1. The third-order valence-electron chi connectivity index (χ3n) is 4.84. The lowest BCUT2D eigenvalue weighted by Crippen LogP contribution is -2.09. The molecule has 0 saturated carbocycles. The summed E-state index contributed by atoms with van der Waals surface area (Å²) in [5, 5.41) is 0. The SMILES string of the molecule is CN(C)c1ccc(C=CC(=CC=C2C=CC(=[N+](C)C)C=C2)c2ccccc2)cc1. The Morgan fingerprint density at radius 2 is 1.48 bits per heavy atom. The summed E-state index contributed by atoms with van der Waals surface area (Å²) in [6.45, 7) is 0. The topological polar surface area (TPSA) is 6.25 Å². The molecule has 0 spiro atoms. The first kappa shape index (κ1) is 20.3. The molecular formula is C27H29N2+. The second-order valence-corrected chi connectivity index (χ2v) is 7.46. The monoisotopic (exact) mass is 381 g/mol. The molecule has 0 unspecified atom stereocenters. The number of allylic oxidation sites excluding steroid dienone is 9. The molecule has 0 bridgehead atoms. The van der Waals surface area contributed by atoms with Crippen molar-refractivity contribution in [2.75, 3.05) is 33.1 Å². The third kappa shape index (κ3) is 5.79. The fourth-order valence-corrected chi connectivity index (χ4v) is 3.02. The van der Waals surface area contributed by atoms with Crippen LogP contribution in [0.25, 0.3) is 11.6 Å². The fraction of sp³-hybridized carbons (Fsp3) is 0.148. The first-order valence-corrected chi connectivity index (χ1v) is 9.86. The lowest BCUT2D eigenvalue weighted by molar-refractivity contribution is -0.462. The summed E-state index contributed by atoms with van der Waals surface area (Å²) in [4.78, 5) is 2.11. The highest BCUT2D eigenvalue weighted by atomic mass is 15.1. The minimum Gasteiger partial charge on any atom is -0.378 e. The Hall–Kier alpha value is -3.39. The molecule has 0 fully saturated rings. The Bertz CT molecular complexity index is 990. The van der Waals surface area contributed by atoms with Gasteiger partial charge in [-0.2, -0.15) is 0 Å². The van der Waals surface area contributed by atoms with Crippen LogP contribution in [0.4, 0.5) is 5.69 Å². The molecular weight excluding hydrogens is 352 g/mol. The minimum absolute atomic E-state index is 1.18. The van der Waals surface area contributed by atoms with Gasteiger partial charge in [0.15, 0.2) is 5.71 Å². The number of hydrogen-bond donors (Lipinski definition) is 0. The second-order valence-electron chi connectivity index (χ2n) is 7.46. The molecule has 1 aliphatic carbocycles. The first-order valence-electron chi connectivity index (χ1n) is 9.86. The van der Waals surface area contributed by atoms with E-state index in [1.54, 1.807) is 0 Å². The summed E-state index contributed by atoms with van der Waals surface area (Å²) in [5.74, 6) is 0. The summed E-state index contributed by atoms with van der Waals surface area (Å²) in [6, 6.07) is 19.1. The molecule has 1 aliphatic rings. The number of nitrogens with zero attached hydrogens (tertiary/aromatic N) is 2. The number of rotatable bonds is 5. The van der Waals surface area contributed by atoms with Crippen molar-refractivity contribution in [1.82, 2.24) is 0 Å². The summed E-state index contributed by atoms with van der Waals surface area (Å²) in [7, 11) is 8.23. The third-order valence-corrected chi connectivity index (χ3v) is 4.84. The molecule has 0 atom stereocenters. The first-order chi connectivity index (χ1) is 14.0. The van der Waals surface area contributed by atoms with Crippen LogP contribution in [-0.4, -0.2) is 38.5 Å². The molecule has 0 saturated heterocycles. The standard InChI is InChI=1S/C27H29N2/c1-28(2)26-18-12-22(13-19-26)10-16-25(24-8-6-5-7-9-24)17-11-23-14-20-27(21-15-23)29(3)4/h5-21H,1-4H3/q+1. The van der Waals surface area contributed by atoms with Gasteiger partial charge in [0.25, 0.3) is 0 Å². The molecule has 0 aliphatic heterocycles. The quantitative estimate of drug-likeness (QED) is 0.482. The lowest BCUT2D eigenvalue weighted by atomic mass is 10.0. The zero-order valence-corrected chi connectivity index (χ0v) is 17.7. The Morgan fingerprint density at radius 1 is 0.828 bits per heavy atom. The van der Waals surface area contributed by atoms with E-state index in [0.717, 1.165) is 0 Å². The van der Waals surface area contributed by atoms with Gasteiger partial charge in [-0.05, 0) is 46.6 Å². The summed E-state index contributed by atoms with van der Waals surface area (Å²) in [6.07, 6.45) is 17.3. The minimum atomic E-state index is 1.18. The van der Waals surface area contributed by atoms with Crippen molar-refractivity contribution < 1.29 is 4.58 Å². The normalized spacial score (nSPS) is 13.9. The van der Waals surface area contributed by atoms with Gasteiger partial charge in [-0.3, -0.25) is 0 Å². The van der Waals surface area contributed by atoms with Gasteiger partial charge in [0.2, 0.25) is 0 Å². The summed E-state index contributed by atoms with van der Waals surface area (Å²) >= 11 is 0. The van der Waals surface area contributed by atoms with Crippen molar-refractivity contribution in [1.29, 1.82) is 0 Å². The molecule has 0 aromatic heterocycles. The van der Waals surface area contributed by atoms with Crippen LogP contribution in [-0.2, 0) is 0 Å². The molecule has 2 nitrogen and oxygen atoms in total. The van der Waals surface area contributed by atoms with E-state index in [2.05, 4.69) is 141 Å². The maximum atomic E-state index is 2.19. The van der Waals surface area contributed by atoms with E-state index in [1.807, 2.05) is 0 Å². The van der Waals surface area contributed by atoms with Crippen molar-refractivity contribution in [2.24, 2.45) is 0 Å². The average molecular weight is 382 g/mol. The maximum absolute atomic E-state index is 2.19. The van der Waals surface area contributed by atoms with Crippen LogP contribution in [0.1, 0.15) is 11.1 Å². The van der Waals surface area contributed by atoms with E-state index in [9.17, 15) is 0 Å². The average Bonchev–Trinajstić information content (AvgIpc) is 2.75. The summed E-state index contributed by atoms with van der Waals surface area (Å²) in [5.41, 5.74) is 7.17. The van der Waals surface area contributed by atoms with Gasteiger partial charge >= 0.3 is 0 Å². The van der Waals surface area contributed by atoms with E-state index in [4.69, 9.17) is 0 Å². The molecule has 29 heavy (non-hydrogen) atoms. The molecule has 0 N–H and O–H groups in total. The van der Waals surface area contributed by atoms with Crippen LogP contribution in [0.2, 0.25) is 0 Å². The molecule has 2 heteroatoms. The van der Waals surface area contributed by atoms with Crippen LogP contribution >= 0.6 is 0 Å². The van der Waals surface area contributed by atoms with Crippen molar-refractivity contribution >= 4 is 23.0 Å². The molecule has 2 aromatic rings. The predicted molar refractivity (Wildman–Crippen MR) is 128 cm³/mol. The Balaban J connectivity index is 1.87.